The highest BCUT2D eigenvalue weighted by Crippen LogP contribution is 2.42. The fourth-order valence-electron chi connectivity index (χ4n) is 1.29. The van der Waals surface area contributed by atoms with Crippen LogP contribution < -0.4 is 4.74 Å². The summed E-state index contributed by atoms with van der Waals surface area (Å²) in [5.41, 5.74) is -1.79. The van der Waals surface area contributed by atoms with Crippen molar-refractivity contribution in [1.29, 1.82) is 0 Å². The minimum atomic E-state index is -4.56. The Labute approximate surface area is 96.1 Å². The van der Waals surface area contributed by atoms with Gasteiger partial charge in [0.05, 0.1) is 12.6 Å². The van der Waals surface area contributed by atoms with Crippen LogP contribution in [-0.2, 0) is 11.7 Å². The summed E-state index contributed by atoms with van der Waals surface area (Å²) in [5.74, 6) is -0.441. The van der Waals surface area contributed by atoms with Crippen LogP contribution in [0, 0.1) is 0 Å². The lowest BCUT2D eigenvalue weighted by Crippen LogP contribution is -2.28. The molecule has 0 aliphatic carbocycles. The van der Waals surface area contributed by atoms with Gasteiger partial charge in [0.25, 0.3) is 0 Å². The van der Waals surface area contributed by atoms with Gasteiger partial charge in [-0.2, -0.15) is 18.3 Å². The molecule has 1 rings (SSSR count). The van der Waals surface area contributed by atoms with Gasteiger partial charge in [-0.15, -0.1) is 0 Å². The Morgan fingerprint density at radius 2 is 1.75 bits per heavy atom. The molecule has 0 saturated heterocycles. The number of hydrogen-bond donors (Lipinski definition) is 0. The third kappa shape index (κ3) is 2.26. The van der Waals surface area contributed by atoms with Gasteiger partial charge >= 0.3 is 6.18 Å². The van der Waals surface area contributed by atoms with E-state index in [-0.39, 0.29) is 5.15 Å². The highest BCUT2D eigenvalue weighted by Gasteiger charge is 2.43. The maximum Gasteiger partial charge on any atom is 0.436 e. The van der Waals surface area contributed by atoms with Crippen molar-refractivity contribution in [1.82, 2.24) is 9.78 Å². The molecule has 92 valence electrons. The fourth-order valence-corrected chi connectivity index (χ4v) is 1.53. The quantitative estimate of drug-likeness (QED) is 0.771. The van der Waals surface area contributed by atoms with Gasteiger partial charge in [-0.3, -0.25) is 4.68 Å². The molecule has 3 nitrogen and oxygen atoms in total. The molecule has 0 N–H and O–H groups in total. The molecule has 1 heterocycles. The zero-order valence-electron chi connectivity index (χ0n) is 9.31. The van der Waals surface area contributed by atoms with Crippen molar-refractivity contribution in [2.75, 3.05) is 7.11 Å². The molecule has 0 saturated carbocycles. The number of hydrogen-bond acceptors (Lipinski definition) is 2. The summed E-state index contributed by atoms with van der Waals surface area (Å²) in [5, 5.41) is 3.37. The lowest BCUT2D eigenvalue weighted by atomic mass is 10.1. The fraction of sp³-hybridized carbons (Fsp3) is 0.667. The summed E-state index contributed by atoms with van der Waals surface area (Å²) in [4.78, 5) is 0. The van der Waals surface area contributed by atoms with Crippen molar-refractivity contribution in [3.8, 4) is 5.75 Å². The van der Waals surface area contributed by atoms with Crippen LogP contribution in [0.5, 0.6) is 5.75 Å². The van der Waals surface area contributed by atoms with Crippen LogP contribution in [0.2, 0.25) is 5.15 Å². The average molecular weight is 257 g/mol. The summed E-state index contributed by atoms with van der Waals surface area (Å²) < 4.78 is 44.0. The van der Waals surface area contributed by atoms with Crippen LogP contribution in [0.15, 0.2) is 0 Å². The molecule has 1 aromatic rings. The first-order valence-corrected chi connectivity index (χ1v) is 4.87. The predicted octanol–water partition coefficient (Wildman–Crippen LogP) is 3.32. The Kier molecular flexibility index (Phi) is 3.15. The molecule has 0 amide bonds. The van der Waals surface area contributed by atoms with Crippen molar-refractivity contribution in [3.63, 3.8) is 0 Å². The summed E-state index contributed by atoms with van der Waals surface area (Å²) in [6, 6.07) is 0. The van der Waals surface area contributed by atoms with Gasteiger partial charge in [-0.25, -0.2) is 0 Å². The highest BCUT2D eigenvalue weighted by molar-refractivity contribution is 6.31. The molecule has 0 atom stereocenters. The van der Waals surface area contributed by atoms with Gasteiger partial charge in [-0.05, 0) is 20.8 Å². The van der Waals surface area contributed by atoms with E-state index in [1.54, 1.807) is 20.8 Å². The first-order chi connectivity index (χ1) is 7.09. The molecule has 0 spiro atoms. The second-order valence-corrected chi connectivity index (χ2v) is 4.61. The third-order valence-electron chi connectivity index (χ3n) is 1.91. The normalized spacial score (nSPS) is 13.0. The lowest BCUT2D eigenvalue weighted by molar-refractivity contribution is -0.147. The minimum Gasteiger partial charge on any atom is -0.491 e. The second-order valence-electron chi connectivity index (χ2n) is 4.25. The van der Waals surface area contributed by atoms with E-state index < -0.39 is 23.2 Å². The van der Waals surface area contributed by atoms with E-state index in [2.05, 4.69) is 9.84 Å². The number of halogens is 4. The number of alkyl halides is 3. The van der Waals surface area contributed by atoms with Gasteiger partial charge in [-0.1, -0.05) is 11.6 Å². The van der Waals surface area contributed by atoms with Gasteiger partial charge in [0.1, 0.15) is 0 Å². The van der Waals surface area contributed by atoms with Crippen LogP contribution in [0.4, 0.5) is 13.2 Å². The van der Waals surface area contributed by atoms with Gasteiger partial charge < -0.3 is 4.74 Å². The van der Waals surface area contributed by atoms with Crippen LogP contribution in [0.25, 0.3) is 0 Å². The molecule has 0 bridgehead atoms. The first-order valence-electron chi connectivity index (χ1n) is 4.49. The molecule has 7 heteroatoms. The standard InChI is InChI=1S/C9H12ClF3N2O/c1-8(2,3)15-6(9(11,12)13)5(16-4)7(10)14-15/h1-4H3. The first kappa shape index (κ1) is 13.2. The van der Waals surface area contributed by atoms with Crippen molar-refractivity contribution in [2.45, 2.75) is 32.5 Å². The monoisotopic (exact) mass is 256 g/mol. The molecule has 0 radical (unpaired) electrons. The zero-order chi connectivity index (χ0) is 12.7. The molecular weight excluding hydrogens is 245 g/mol. The van der Waals surface area contributed by atoms with Gasteiger partial charge in [0.15, 0.2) is 16.6 Å². The Morgan fingerprint density at radius 1 is 1.25 bits per heavy atom. The Hall–Kier alpha value is -0.910. The van der Waals surface area contributed by atoms with E-state index >= 15 is 0 Å². The Balaban J connectivity index is 3.52. The molecule has 1 aromatic heterocycles. The van der Waals surface area contributed by atoms with Crippen LogP contribution in [0.3, 0.4) is 0 Å². The van der Waals surface area contributed by atoms with Crippen molar-refractivity contribution in [2.24, 2.45) is 0 Å². The molecule has 0 fully saturated rings. The number of aromatic nitrogens is 2. The zero-order valence-corrected chi connectivity index (χ0v) is 10.1. The second kappa shape index (κ2) is 3.84. The van der Waals surface area contributed by atoms with Crippen LogP contribution in [-0.4, -0.2) is 16.9 Å². The van der Waals surface area contributed by atoms with Gasteiger partial charge in [0, 0.05) is 0 Å². The van der Waals surface area contributed by atoms with E-state index in [0.717, 1.165) is 11.8 Å². The summed E-state index contributed by atoms with van der Waals surface area (Å²) in [6.07, 6.45) is -4.56. The van der Waals surface area contributed by atoms with Crippen molar-refractivity contribution < 1.29 is 17.9 Å². The van der Waals surface area contributed by atoms with Crippen LogP contribution in [0.1, 0.15) is 26.5 Å². The third-order valence-corrected chi connectivity index (χ3v) is 2.16. The summed E-state index contributed by atoms with van der Waals surface area (Å²) in [6.45, 7) is 4.81. The lowest BCUT2D eigenvalue weighted by Gasteiger charge is -2.23. The van der Waals surface area contributed by atoms with E-state index in [4.69, 9.17) is 11.6 Å². The largest absolute Gasteiger partial charge is 0.491 e. The van der Waals surface area contributed by atoms with Crippen molar-refractivity contribution >= 4 is 11.6 Å². The van der Waals surface area contributed by atoms with Crippen LogP contribution >= 0.6 is 11.6 Å². The number of ether oxygens (including phenoxy) is 1. The van der Waals surface area contributed by atoms with E-state index in [1.807, 2.05) is 0 Å². The van der Waals surface area contributed by atoms with E-state index in [1.165, 1.54) is 0 Å². The van der Waals surface area contributed by atoms with Gasteiger partial charge in [0.2, 0.25) is 0 Å². The maximum atomic E-state index is 12.8. The topological polar surface area (TPSA) is 27.1 Å². The Morgan fingerprint density at radius 3 is 2.06 bits per heavy atom. The molecular formula is C9H12ClF3N2O. The number of rotatable bonds is 1. The molecule has 0 unspecified atom stereocenters. The molecule has 16 heavy (non-hydrogen) atoms. The minimum absolute atomic E-state index is 0.287. The predicted molar refractivity (Wildman–Crippen MR) is 53.8 cm³/mol. The molecule has 0 aromatic carbocycles. The molecule has 0 aliphatic heterocycles. The van der Waals surface area contributed by atoms with E-state index in [9.17, 15) is 13.2 Å². The highest BCUT2D eigenvalue weighted by atomic mass is 35.5. The molecule has 0 aliphatic rings. The average Bonchev–Trinajstić information content (AvgIpc) is 2.40. The van der Waals surface area contributed by atoms with Crippen molar-refractivity contribution in [3.05, 3.63) is 10.8 Å². The smallest absolute Gasteiger partial charge is 0.436 e. The maximum absolute atomic E-state index is 12.8. The summed E-state index contributed by atoms with van der Waals surface area (Å²) >= 11 is 5.61. The van der Waals surface area contributed by atoms with E-state index in [0.29, 0.717) is 0 Å². The Bertz CT molecular complexity index is 393. The SMILES string of the molecule is COc1c(Cl)nn(C(C)(C)C)c1C(F)(F)F. The number of nitrogens with zero attached hydrogens (tertiary/aromatic N) is 2. The summed E-state index contributed by atoms with van der Waals surface area (Å²) in [7, 11) is 1.13. The number of methoxy groups -OCH3 is 1.